The van der Waals surface area contributed by atoms with Gasteiger partial charge < -0.3 is 9.47 Å². The molecule has 2 aliphatic heterocycles. The van der Waals surface area contributed by atoms with E-state index in [0.717, 1.165) is 25.4 Å². The Kier molecular flexibility index (Phi) is 2.55. The Balaban J connectivity index is 1.80. The van der Waals surface area contributed by atoms with E-state index >= 15 is 0 Å². The van der Waals surface area contributed by atoms with Crippen molar-refractivity contribution in [3.8, 4) is 0 Å². The molecule has 3 heteroatoms. The number of rotatable bonds is 1. The molecule has 2 unspecified atom stereocenters. The summed E-state index contributed by atoms with van der Waals surface area (Å²) in [6, 6.07) is 10.9. The highest BCUT2D eigenvalue weighted by Gasteiger charge is 2.38. The minimum absolute atomic E-state index is 0.191. The van der Waals surface area contributed by atoms with Crippen molar-refractivity contribution in [1.82, 2.24) is 0 Å². The maximum absolute atomic E-state index is 5.89. The second-order valence-electron chi connectivity index (χ2n) is 5.25. The van der Waals surface area contributed by atoms with Crippen molar-refractivity contribution in [3.63, 3.8) is 0 Å². The number of hydrogen-bond donors (Lipinski definition) is 0. The Hall–Kier alpha value is -1.48. The van der Waals surface area contributed by atoms with Crippen LogP contribution in [0.1, 0.15) is 30.6 Å². The van der Waals surface area contributed by atoms with E-state index in [2.05, 4.69) is 37.3 Å². The van der Waals surface area contributed by atoms with Crippen molar-refractivity contribution in [1.29, 1.82) is 0 Å². The molecule has 19 heavy (non-hydrogen) atoms. The van der Waals surface area contributed by atoms with Crippen LogP contribution in [-0.2, 0) is 9.47 Å². The summed E-state index contributed by atoms with van der Waals surface area (Å²) >= 11 is 1.88. The fraction of sp³-hybridized carbons (Fsp3) is 0.375. The van der Waals surface area contributed by atoms with Crippen molar-refractivity contribution in [2.24, 2.45) is 0 Å². The van der Waals surface area contributed by atoms with E-state index < -0.39 is 0 Å². The molecule has 2 aliphatic rings. The third-order valence-electron chi connectivity index (χ3n) is 3.97. The first-order valence-corrected chi connectivity index (χ1v) is 7.65. The SMILES string of the molecule is CC1OC2=C(CCCO2)C1c1cc2ccccc2s1. The maximum Gasteiger partial charge on any atom is 0.279 e. The summed E-state index contributed by atoms with van der Waals surface area (Å²) in [5.41, 5.74) is 1.37. The molecule has 0 radical (unpaired) electrons. The molecule has 4 rings (SSSR count). The van der Waals surface area contributed by atoms with E-state index in [4.69, 9.17) is 9.47 Å². The summed E-state index contributed by atoms with van der Waals surface area (Å²) in [7, 11) is 0. The largest absolute Gasteiger partial charge is 0.465 e. The Morgan fingerprint density at radius 3 is 3.05 bits per heavy atom. The second kappa shape index (κ2) is 4.27. The van der Waals surface area contributed by atoms with Crippen LogP contribution in [0.3, 0.4) is 0 Å². The summed E-state index contributed by atoms with van der Waals surface area (Å²) in [5, 5.41) is 1.33. The first-order valence-electron chi connectivity index (χ1n) is 6.84. The van der Waals surface area contributed by atoms with Crippen LogP contribution in [0.5, 0.6) is 0 Å². The molecule has 0 fully saturated rings. The molecule has 1 aromatic carbocycles. The average Bonchev–Trinajstić information content (AvgIpc) is 2.97. The zero-order chi connectivity index (χ0) is 12.8. The predicted molar refractivity (Wildman–Crippen MR) is 77.3 cm³/mol. The zero-order valence-electron chi connectivity index (χ0n) is 10.9. The summed E-state index contributed by atoms with van der Waals surface area (Å²) in [6.07, 6.45) is 2.41. The molecule has 0 N–H and O–H groups in total. The predicted octanol–water partition coefficient (Wildman–Crippen LogP) is 4.43. The summed E-state index contributed by atoms with van der Waals surface area (Å²) in [5.74, 6) is 1.19. The molecule has 98 valence electrons. The Morgan fingerprint density at radius 2 is 2.16 bits per heavy atom. The van der Waals surface area contributed by atoms with Gasteiger partial charge in [0.15, 0.2) is 0 Å². The van der Waals surface area contributed by atoms with Gasteiger partial charge in [-0.3, -0.25) is 0 Å². The van der Waals surface area contributed by atoms with E-state index in [1.54, 1.807) is 0 Å². The minimum Gasteiger partial charge on any atom is -0.465 e. The normalized spacial score (nSPS) is 26.2. The monoisotopic (exact) mass is 272 g/mol. The summed E-state index contributed by atoms with van der Waals surface area (Å²) in [4.78, 5) is 1.41. The van der Waals surface area contributed by atoms with Crippen LogP contribution >= 0.6 is 11.3 Å². The van der Waals surface area contributed by atoms with Gasteiger partial charge in [0.25, 0.3) is 5.95 Å². The van der Waals surface area contributed by atoms with Crippen LogP contribution in [0.4, 0.5) is 0 Å². The van der Waals surface area contributed by atoms with E-state index in [-0.39, 0.29) is 6.10 Å². The lowest BCUT2D eigenvalue weighted by Gasteiger charge is -2.16. The topological polar surface area (TPSA) is 18.5 Å². The first-order chi connectivity index (χ1) is 9.33. The van der Waals surface area contributed by atoms with Crippen LogP contribution in [-0.4, -0.2) is 12.7 Å². The smallest absolute Gasteiger partial charge is 0.279 e. The Morgan fingerprint density at radius 1 is 1.26 bits per heavy atom. The molecule has 3 heterocycles. The van der Waals surface area contributed by atoms with Crippen molar-refractivity contribution in [2.45, 2.75) is 31.8 Å². The van der Waals surface area contributed by atoms with E-state index in [0.29, 0.717) is 5.92 Å². The fourth-order valence-corrected chi connectivity index (χ4v) is 4.39. The molecular formula is C16H16O2S. The highest BCUT2D eigenvalue weighted by molar-refractivity contribution is 7.19. The van der Waals surface area contributed by atoms with Gasteiger partial charge in [0.1, 0.15) is 6.10 Å². The average molecular weight is 272 g/mol. The maximum atomic E-state index is 5.89. The molecule has 0 spiro atoms. The lowest BCUT2D eigenvalue weighted by molar-refractivity contribution is 0.0122. The minimum atomic E-state index is 0.191. The van der Waals surface area contributed by atoms with Gasteiger partial charge in [0, 0.05) is 15.2 Å². The van der Waals surface area contributed by atoms with Crippen molar-refractivity contribution < 1.29 is 9.47 Å². The molecular weight excluding hydrogens is 256 g/mol. The van der Waals surface area contributed by atoms with Gasteiger partial charge in [-0.05, 0) is 37.3 Å². The second-order valence-corrected chi connectivity index (χ2v) is 6.37. The summed E-state index contributed by atoms with van der Waals surface area (Å²) < 4.78 is 12.9. The highest BCUT2D eigenvalue weighted by atomic mass is 32.1. The van der Waals surface area contributed by atoms with Gasteiger partial charge in [-0.2, -0.15) is 0 Å². The molecule has 0 bridgehead atoms. The van der Waals surface area contributed by atoms with Gasteiger partial charge in [-0.25, -0.2) is 0 Å². The molecule has 2 atom stereocenters. The lowest BCUT2D eigenvalue weighted by atomic mass is 9.91. The first kappa shape index (κ1) is 11.4. The number of thiophene rings is 1. The number of fused-ring (bicyclic) bond motifs is 1. The van der Waals surface area contributed by atoms with Gasteiger partial charge in [-0.1, -0.05) is 18.2 Å². The summed E-state index contributed by atoms with van der Waals surface area (Å²) in [6.45, 7) is 2.95. The highest BCUT2D eigenvalue weighted by Crippen LogP contribution is 2.46. The van der Waals surface area contributed by atoms with E-state index in [1.807, 2.05) is 11.3 Å². The quantitative estimate of drug-likeness (QED) is 0.764. The molecule has 0 amide bonds. The molecule has 0 saturated heterocycles. The number of ether oxygens (including phenoxy) is 2. The molecule has 1 aromatic heterocycles. The number of hydrogen-bond acceptors (Lipinski definition) is 3. The third-order valence-corrected chi connectivity index (χ3v) is 5.17. The van der Waals surface area contributed by atoms with Crippen LogP contribution < -0.4 is 0 Å². The van der Waals surface area contributed by atoms with Crippen LogP contribution in [0, 0.1) is 0 Å². The van der Waals surface area contributed by atoms with Crippen LogP contribution in [0.15, 0.2) is 41.9 Å². The Labute approximate surface area is 116 Å². The van der Waals surface area contributed by atoms with Crippen molar-refractivity contribution in [2.75, 3.05) is 6.61 Å². The fourth-order valence-electron chi connectivity index (χ4n) is 3.09. The van der Waals surface area contributed by atoms with Crippen LogP contribution in [0.25, 0.3) is 10.1 Å². The van der Waals surface area contributed by atoms with Gasteiger partial charge in [0.05, 0.1) is 12.5 Å². The van der Waals surface area contributed by atoms with Crippen molar-refractivity contribution >= 4 is 21.4 Å². The standard InChI is InChI=1S/C16H16O2S/c1-10-15(12-6-4-8-17-16(12)18-10)14-9-11-5-2-3-7-13(11)19-14/h2-3,5,7,9-10,15H,4,6,8H2,1H3. The molecule has 0 saturated carbocycles. The Bertz CT molecular complexity index is 623. The van der Waals surface area contributed by atoms with Gasteiger partial charge in [0.2, 0.25) is 0 Å². The molecule has 2 aromatic rings. The number of benzene rings is 1. The zero-order valence-corrected chi connectivity index (χ0v) is 11.7. The van der Waals surface area contributed by atoms with Gasteiger partial charge >= 0.3 is 0 Å². The van der Waals surface area contributed by atoms with E-state index in [9.17, 15) is 0 Å². The molecule has 0 aliphatic carbocycles. The molecule has 2 nitrogen and oxygen atoms in total. The third kappa shape index (κ3) is 1.76. The van der Waals surface area contributed by atoms with Crippen molar-refractivity contribution in [3.05, 3.63) is 46.7 Å². The van der Waals surface area contributed by atoms with E-state index in [1.165, 1.54) is 20.5 Å². The van der Waals surface area contributed by atoms with Gasteiger partial charge in [-0.15, -0.1) is 11.3 Å². The lowest BCUT2D eigenvalue weighted by Crippen LogP contribution is -2.11. The van der Waals surface area contributed by atoms with Crippen LogP contribution in [0.2, 0.25) is 0 Å².